The molecule has 2 saturated heterocycles. The van der Waals surface area contributed by atoms with Gasteiger partial charge in [-0.1, -0.05) is 0 Å². The van der Waals surface area contributed by atoms with E-state index in [1.165, 1.54) is 6.42 Å². The van der Waals surface area contributed by atoms with Crippen LogP contribution in [0.2, 0.25) is 0 Å². The summed E-state index contributed by atoms with van der Waals surface area (Å²) in [4.78, 5) is 27.6. The van der Waals surface area contributed by atoms with Crippen molar-refractivity contribution in [1.82, 2.24) is 9.80 Å². The molecule has 0 spiro atoms. The molecule has 2 heterocycles. The van der Waals surface area contributed by atoms with E-state index in [-0.39, 0.29) is 5.97 Å². The third kappa shape index (κ3) is 4.99. The zero-order valence-corrected chi connectivity index (χ0v) is 13.2. The van der Waals surface area contributed by atoms with Crippen molar-refractivity contribution in [2.75, 3.05) is 32.8 Å². The van der Waals surface area contributed by atoms with Crippen molar-refractivity contribution in [3.8, 4) is 0 Å². The molecule has 2 rings (SSSR count). The average molecular weight is 296 g/mol. The van der Waals surface area contributed by atoms with E-state index in [1.54, 1.807) is 0 Å². The van der Waals surface area contributed by atoms with Crippen LogP contribution in [0.15, 0.2) is 0 Å². The van der Waals surface area contributed by atoms with Crippen molar-refractivity contribution < 1.29 is 14.3 Å². The lowest BCUT2D eigenvalue weighted by atomic mass is 10.0. The molecule has 2 aliphatic heterocycles. The summed E-state index contributed by atoms with van der Waals surface area (Å²) < 4.78 is 4.93. The van der Waals surface area contributed by atoms with Gasteiger partial charge < -0.3 is 14.5 Å². The van der Waals surface area contributed by atoms with E-state index in [4.69, 9.17) is 4.74 Å². The van der Waals surface area contributed by atoms with E-state index < -0.39 is 0 Å². The Morgan fingerprint density at radius 2 is 2.14 bits per heavy atom. The highest BCUT2D eigenvalue weighted by Gasteiger charge is 2.30. The number of likely N-dealkylation sites (tertiary alicyclic amines) is 2. The van der Waals surface area contributed by atoms with E-state index in [9.17, 15) is 9.59 Å². The molecular weight excluding hydrogens is 268 g/mol. The quantitative estimate of drug-likeness (QED) is 0.531. The monoisotopic (exact) mass is 296 g/mol. The Morgan fingerprint density at radius 3 is 2.86 bits per heavy atom. The first-order valence-corrected chi connectivity index (χ1v) is 8.38. The molecule has 0 bridgehead atoms. The second-order valence-electron chi connectivity index (χ2n) is 6.05. The average Bonchev–Trinajstić information content (AvgIpc) is 2.90. The van der Waals surface area contributed by atoms with Gasteiger partial charge in [-0.3, -0.25) is 9.59 Å². The standard InChI is InChI=1S/C16H28N2O3/c1-2-21-16(20)9-3-4-10-17-11-5-7-14(13-17)18-12-6-8-15(18)19/h14H,2-13H2,1H3/t14-/m1/s1. The van der Waals surface area contributed by atoms with Crippen molar-refractivity contribution in [3.05, 3.63) is 0 Å². The Balaban J connectivity index is 1.65. The first-order valence-electron chi connectivity index (χ1n) is 8.38. The molecule has 1 amide bonds. The lowest BCUT2D eigenvalue weighted by Gasteiger charge is -2.37. The minimum Gasteiger partial charge on any atom is -0.466 e. The molecule has 0 N–H and O–H groups in total. The Hall–Kier alpha value is -1.10. The van der Waals surface area contributed by atoms with Gasteiger partial charge in [0.25, 0.3) is 0 Å². The fraction of sp³-hybridized carbons (Fsp3) is 0.875. The summed E-state index contributed by atoms with van der Waals surface area (Å²) in [5.41, 5.74) is 0. The summed E-state index contributed by atoms with van der Waals surface area (Å²) >= 11 is 0. The second-order valence-corrected chi connectivity index (χ2v) is 6.05. The van der Waals surface area contributed by atoms with E-state index in [0.29, 0.717) is 25.0 Å². The van der Waals surface area contributed by atoms with Crippen LogP contribution in [-0.4, -0.2) is 60.5 Å². The van der Waals surface area contributed by atoms with Gasteiger partial charge in [0.2, 0.25) is 5.91 Å². The van der Waals surface area contributed by atoms with Crippen LogP contribution in [0.1, 0.15) is 51.9 Å². The number of esters is 1. The maximum absolute atomic E-state index is 11.8. The first kappa shape index (κ1) is 16.3. The van der Waals surface area contributed by atoms with Crippen LogP contribution in [0.5, 0.6) is 0 Å². The zero-order valence-electron chi connectivity index (χ0n) is 13.2. The van der Waals surface area contributed by atoms with Gasteiger partial charge in [0.05, 0.1) is 6.61 Å². The Morgan fingerprint density at radius 1 is 1.29 bits per heavy atom. The minimum absolute atomic E-state index is 0.0864. The molecule has 0 saturated carbocycles. The van der Waals surface area contributed by atoms with Crippen LogP contribution in [-0.2, 0) is 14.3 Å². The maximum Gasteiger partial charge on any atom is 0.305 e. The highest BCUT2D eigenvalue weighted by molar-refractivity contribution is 5.78. The Kier molecular flexibility index (Phi) is 6.49. The molecule has 1 atom stereocenters. The summed E-state index contributed by atoms with van der Waals surface area (Å²) in [7, 11) is 0. The number of hydrogen-bond acceptors (Lipinski definition) is 4. The number of unbranched alkanes of at least 4 members (excludes halogenated alkanes) is 1. The summed E-state index contributed by atoms with van der Waals surface area (Å²) in [6, 6.07) is 0.416. The molecular formula is C16H28N2O3. The van der Waals surface area contributed by atoms with Crippen molar-refractivity contribution >= 4 is 11.9 Å². The van der Waals surface area contributed by atoms with Crippen molar-refractivity contribution in [2.45, 2.75) is 57.9 Å². The molecule has 0 aromatic rings. The fourth-order valence-corrected chi connectivity index (χ4v) is 3.38. The largest absolute Gasteiger partial charge is 0.466 e. The van der Waals surface area contributed by atoms with Crippen LogP contribution in [0.3, 0.4) is 0 Å². The third-order valence-corrected chi connectivity index (χ3v) is 4.44. The topological polar surface area (TPSA) is 49.9 Å². The number of amides is 1. The number of ether oxygens (including phenoxy) is 1. The van der Waals surface area contributed by atoms with Gasteiger partial charge in [0.15, 0.2) is 0 Å². The molecule has 21 heavy (non-hydrogen) atoms. The molecule has 0 aliphatic carbocycles. The summed E-state index contributed by atoms with van der Waals surface area (Å²) in [6.07, 6.45) is 6.51. The van der Waals surface area contributed by atoms with Crippen molar-refractivity contribution in [3.63, 3.8) is 0 Å². The second kappa shape index (κ2) is 8.37. The SMILES string of the molecule is CCOC(=O)CCCCN1CCC[C@@H](N2CCCC2=O)C1. The van der Waals surface area contributed by atoms with E-state index in [0.717, 1.165) is 58.3 Å². The van der Waals surface area contributed by atoms with Crippen LogP contribution in [0.25, 0.3) is 0 Å². The molecule has 0 aromatic heterocycles. The van der Waals surface area contributed by atoms with E-state index in [1.807, 2.05) is 6.92 Å². The predicted molar refractivity (Wildman–Crippen MR) is 80.9 cm³/mol. The number of hydrogen-bond donors (Lipinski definition) is 0. The molecule has 2 fully saturated rings. The molecule has 0 unspecified atom stereocenters. The Bertz CT molecular complexity index is 359. The molecule has 5 nitrogen and oxygen atoms in total. The fourth-order valence-electron chi connectivity index (χ4n) is 3.38. The van der Waals surface area contributed by atoms with Gasteiger partial charge in [0, 0.05) is 32.0 Å². The van der Waals surface area contributed by atoms with Crippen LogP contribution in [0, 0.1) is 0 Å². The van der Waals surface area contributed by atoms with Gasteiger partial charge in [0.1, 0.15) is 0 Å². The molecule has 120 valence electrons. The van der Waals surface area contributed by atoms with Gasteiger partial charge in [-0.25, -0.2) is 0 Å². The molecule has 0 aromatic carbocycles. The van der Waals surface area contributed by atoms with Crippen LogP contribution < -0.4 is 0 Å². The molecule has 2 aliphatic rings. The van der Waals surface area contributed by atoms with Crippen molar-refractivity contribution in [1.29, 1.82) is 0 Å². The van der Waals surface area contributed by atoms with Crippen LogP contribution >= 0.6 is 0 Å². The number of carbonyl (C=O) groups is 2. The van der Waals surface area contributed by atoms with Crippen LogP contribution in [0.4, 0.5) is 0 Å². The van der Waals surface area contributed by atoms with Gasteiger partial charge in [-0.2, -0.15) is 0 Å². The lowest BCUT2D eigenvalue weighted by molar-refractivity contribution is -0.143. The first-order chi connectivity index (χ1) is 10.2. The molecule has 0 radical (unpaired) electrons. The van der Waals surface area contributed by atoms with E-state index >= 15 is 0 Å². The maximum atomic E-state index is 11.8. The number of carbonyl (C=O) groups excluding carboxylic acids is 2. The lowest BCUT2D eigenvalue weighted by Crippen LogP contribution is -2.48. The normalized spacial score (nSPS) is 23.6. The van der Waals surface area contributed by atoms with Gasteiger partial charge >= 0.3 is 5.97 Å². The summed E-state index contributed by atoms with van der Waals surface area (Å²) in [5.74, 6) is 0.251. The summed E-state index contributed by atoms with van der Waals surface area (Å²) in [5, 5.41) is 0. The van der Waals surface area contributed by atoms with E-state index in [2.05, 4.69) is 9.80 Å². The predicted octanol–water partition coefficient (Wildman–Crippen LogP) is 1.81. The summed E-state index contributed by atoms with van der Waals surface area (Å²) in [6.45, 7) is 6.41. The smallest absolute Gasteiger partial charge is 0.305 e. The minimum atomic E-state index is -0.0864. The number of piperidine rings is 1. The van der Waals surface area contributed by atoms with Crippen molar-refractivity contribution in [2.24, 2.45) is 0 Å². The number of rotatable bonds is 7. The Labute approximate surface area is 127 Å². The molecule has 5 heteroatoms. The zero-order chi connectivity index (χ0) is 15.1. The van der Waals surface area contributed by atoms with Gasteiger partial charge in [-0.15, -0.1) is 0 Å². The third-order valence-electron chi connectivity index (χ3n) is 4.44. The number of nitrogens with zero attached hydrogens (tertiary/aromatic N) is 2. The highest BCUT2D eigenvalue weighted by Crippen LogP contribution is 2.21. The highest BCUT2D eigenvalue weighted by atomic mass is 16.5. The van der Waals surface area contributed by atoms with Gasteiger partial charge in [-0.05, 0) is 52.1 Å².